The van der Waals surface area contributed by atoms with Crippen molar-refractivity contribution >= 4 is 15.9 Å². The Kier molecular flexibility index (Phi) is 4.45. The predicted molar refractivity (Wildman–Crippen MR) is 92.6 cm³/mol. The van der Waals surface area contributed by atoms with Crippen LogP contribution in [0.1, 0.15) is 41.5 Å². The molecule has 2 aromatic rings. The second-order valence-corrected chi connectivity index (χ2v) is 8.81. The monoisotopic (exact) mass is 376 g/mol. The van der Waals surface area contributed by atoms with E-state index in [4.69, 9.17) is 0 Å². The summed E-state index contributed by atoms with van der Waals surface area (Å²) in [5, 5.41) is 6.91. The summed E-state index contributed by atoms with van der Waals surface area (Å²) in [6, 6.07) is 1.74. The zero-order chi connectivity index (χ0) is 18.1. The predicted octanol–water partition coefficient (Wildman–Crippen LogP) is 0.342. The molecule has 1 saturated carbocycles. The average Bonchev–Trinajstić information content (AvgIpc) is 3.41. The van der Waals surface area contributed by atoms with Crippen molar-refractivity contribution in [3.8, 4) is 0 Å². The van der Waals surface area contributed by atoms with Crippen LogP contribution in [0.2, 0.25) is 0 Å². The van der Waals surface area contributed by atoms with E-state index in [-0.39, 0.29) is 22.9 Å². The first-order valence-electron chi connectivity index (χ1n) is 8.61. The van der Waals surface area contributed by atoms with Gasteiger partial charge in [-0.2, -0.15) is 9.40 Å². The van der Waals surface area contributed by atoms with Crippen molar-refractivity contribution in [2.24, 2.45) is 0 Å². The van der Waals surface area contributed by atoms with E-state index in [1.807, 2.05) is 10.7 Å². The van der Waals surface area contributed by atoms with Gasteiger partial charge in [0.05, 0.1) is 29.7 Å². The Bertz CT molecular complexity index is 894. The van der Waals surface area contributed by atoms with Gasteiger partial charge in [-0.05, 0) is 25.3 Å². The van der Waals surface area contributed by atoms with Crippen molar-refractivity contribution in [1.29, 1.82) is 0 Å². The molecular formula is C16H20N6O3S. The van der Waals surface area contributed by atoms with Gasteiger partial charge < -0.3 is 5.32 Å². The van der Waals surface area contributed by atoms with Crippen molar-refractivity contribution in [2.75, 3.05) is 13.1 Å². The van der Waals surface area contributed by atoms with Gasteiger partial charge in [-0.1, -0.05) is 0 Å². The van der Waals surface area contributed by atoms with Crippen LogP contribution in [0, 0.1) is 0 Å². The van der Waals surface area contributed by atoms with Crippen LogP contribution < -0.4 is 5.32 Å². The summed E-state index contributed by atoms with van der Waals surface area (Å²) < 4.78 is 28.6. The van der Waals surface area contributed by atoms with Gasteiger partial charge >= 0.3 is 0 Å². The lowest BCUT2D eigenvalue weighted by Gasteiger charge is -2.33. The number of hydrogen-bond acceptors (Lipinski definition) is 6. The summed E-state index contributed by atoms with van der Waals surface area (Å²) in [7, 11) is -3.24. The van der Waals surface area contributed by atoms with E-state index in [0.29, 0.717) is 26.1 Å². The van der Waals surface area contributed by atoms with Gasteiger partial charge in [0.2, 0.25) is 10.0 Å². The number of amides is 1. The lowest BCUT2D eigenvalue weighted by Crippen LogP contribution is -2.43. The van der Waals surface area contributed by atoms with Crippen molar-refractivity contribution in [3.63, 3.8) is 0 Å². The summed E-state index contributed by atoms with van der Waals surface area (Å²) in [4.78, 5) is 19.9. The maximum Gasteiger partial charge on any atom is 0.271 e. The minimum Gasteiger partial charge on any atom is -0.351 e. The van der Waals surface area contributed by atoms with Crippen LogP contribution in [0.4, 0.5) is 0 Å². The van der Waals surface area contributed by atoms with E-state index in [1.165, 1.54) is 18.6 Å². The van der Waals surface area contributed by atoms with Gasteiger partial charge in [-0.15, -0.1) is 0 Å². The number of rotatable bonds is 6. The Morgan fingerprint density at radius 2 is 2.12 bits per heavy atom. The Morgan fingerprint density at radius 1 is 1.27 bits per heavy atom. The molecule has 26 heavy (non-hydrogen) atoms. The first kappa shape index (κ1) is 17.1. The third-order valence-electron chi connectivity index (χ3n) is 4.72. The molecule has 4 rings (SSSR count). The number of nitrogens with zero attached hydrogens (tertiary/aromatic N) is 5. The number of nitrogens with one attached hydrogen (secondary N) is 1. The Morgan fingerprint density at radius 3 is 2.85 bits per heavy atom. The molecule has 1 amide bonds. The molecule has 0 aromatic carbocycles. The number of fused-ring (bicyclic) bond motifs is 1. The molecule has 1 unspecified atom stereocenters. The second-order valence-electron chi connectivity index (χ2n) is 6.59. The molecule has 2 aromatic heterocycles. The van der Waals surface area contributed by atoms with Crippen molar-refractivity contribution in [2.45, 2.75) is 37.1 Å². The average molecular weight is 376 g/mol. The number of hydrogen-bond donors (Lipinski definition) is 1. The minimum atomic E-state index is -3.24. The van der Waals surface area contributed by atoms with E-state index >= 15 is 0 Å². The van der Waals surface area contributed by atoms with Crippen LogP contribution in [-0.2, 0) is 16.6 Å². The SMILES string of the molecule is O=C(NCCC1CN(S(=O)(=O)C2CC2)Cc2ccnn21)c1cnccn1. The van der Waals surface area contributed by atoms with E-state index in [2.05, 4.69) is 20.4 Å². The molecule has 1 atom stereocenters. The molecule has 0 saturated heterocycles. The lowest BCUT2D eigenvalue weighted by atomic mass is 10.1. The van der Waals surface area contributed by atoms with E-state index in [0.717, 1.165) is 18.5 Å². The molecular weight excluding hydrogens is 356 g/mol. The van der Waals surface area contributed by atoms with Gasteiger partial charge in [-0.25, -0.2) is 13.4 Å². The van der Waals surface area contributed by atoms with Gasteiger partial charge in [-0.3, -0.25) is 14.5 Å². The highest BCUT2D eigenvalue weighted by atomic mass is 32.2. The van der Waals surface area contributed by atoms with Crippen molar-refractivity contribution in [1.82, 2.24) is 29.4 Å². The molecule has 1 N–H and O–H groups in total. The van der Waals surface area contributed by atoms with Gasteiger partial charge in [0.25, 0.3) is 5.91 Å². The molecule has 0 bridgehead atoms. The number of carbonyl (C=O) groups excluding carboxylic acids is 1. The fraction of sp³-hybridized carbons (Fsp3) is 0.500. The summed E-state index contributed by atoms with van der Waals surface area (Å²) >= 11 is 0. The van der Waals surface area contributed by atoms with Gasteiger partial charge in [0, 0.05) is 31.7 Å². The van der Waals surface area contributed by atoms with E-state index in [9.17, 15) is 13.2 Å². The number of carbonyl (C=O) groups is 1. The van der Waals surface area contributed by atoms with Crippen LogP contribution in [0.3, 0.4) is 0 Å². The van der Waals surface area contributed by atoms with Crippen LogP contribution in [-0.4, -0.2) is 56.7 Å². The maximum absolute atomic E-state index is 12.6. The first-order valence-corrected chi connectivity index (χ1v) is 10.1. The molecule has 0 radical (unpaired) electrons. The second kappa shape index (κ2) is 6.76. The third-order valence-corrected chi connectivity index (χ3v) is 7.03. The first-order chi connectivity index (χ1) is 12.6. The molecule has 1 fully saturated rings. The number of aromatic nitrogens is 4. The molecule has 1 aliphatic carbocycles. The highest BCUT2D eigenvalue weighted by molar-refractivity contribution is 7.90. The minimum absolute atomic E-state index is 0.107. The zero-order valence-corrected chi connectivity index (χ0v) is 15.0. The summed E-state index contributed by atoms with van der Waals surface area (Å²) in [5.41, 5.74) is 1.14. The molecule has 3 heterocycles. The van der Waals surface area contributed by atoms with Crippen LogP contribution >= 0.6 is 0 Å². The topological polar surface area (TPSA) is 110 Å². The zero-order valence-electron chi connectivity index (χ0n) is 14.2. The standard InChI is InChI=1S/C16H20N6O3S/c23-16(15-9-17-7-8-18-15)19-5-3-12-10-21(26(24,25)14-1-2-14)11-13-4-6-20-22(12)13/h4,6-9,12,14H,1-3,5,10-11H2,(H,19,23). The molecule has 0 spiro atoms. The summed E-state index contributed by atoms with van der Waals surface area (Å²) in [6.45, 7) is 1.15. The normalized spacial score (nSPS) is 20.5. The van der Waals surface area contributed by atoms with E-state index in [1.54, 1.807) is 10.5 Å². The van der Waals surface area contributed by atoms with Crippen LogP contribution in [0.15, 0.2) is 30.9 Å². The Balaban J connectivity index is 1.41. The van der Waals surface area contributed by atoms with Crippen molar-refractivity contribution in [3.05, 3.63) is 42.2 Å². The Hall–Kier alpha value is -2.33. The summed E-state index contributed by atoms with van der Waals surface area (Å²) in [6.07, 6.45) is 8.14. The molecule has 1 aliphatic heterocycles. The highest BCUT2D eigenvalue weighted by Crippen LogP contribution is 2.34. The summed E-state index contributed by atoms with van der Waals surface area (Å²) in [5.74, 6) is -0.294. The molecule has 138 valence electrons. The maximum atomic E-state index is 12.6. The lowest BCUT2D eigenvalue weighted by molar-refractivity contribution is 0.0944. The van der Waals surface area contributed by atoms with Crippen LogP contribution in [0.25, 0.3) is 0 Å². The number of sulfonamides is 1. The van der Waals surface area contributed by atoms with Gasteiger partial charge in [0.1, 0.15) is 5.69 Å². The fourth-order valence-electron chi connectivity index (χ4n) is 3.20. The highest BCUT2D eigenvalue weighted by Gasteiger charge is 2.42. The third kappa shape index (κ3) is 3.34. The van der Waals surface area contributed by atoms with E-state index < -0.39 is 10.0 Å². The molecule has 10 heteroatoms. The quantitative estimate of drug-likeness (QED) is 0.779. The smallest absolute Gasteiger partial charge is 0.271 e. The Labute approximate surface area is 151 Å². The molecule has 2 aliphatic rings. The molecule has 9 nitrogen and oxygen atoms in total. The fourth-order valence-corrected chi connectivity index (χ4v) is 5.04. The largest absolute Gasteiger partial charge is 0.351 e. The van der Waals surface area contributed by atoms with Gasteiger partial charge in [0.15, 0.2) is 0 Å². The van der Waals surface area contributed by atoms with Crippen LogP contribution in [0.5, 0.6) is 0 Å². The van der Waals surface area contributed by atoms with Crippen molar-refractivity contribution < 1.29 is 13.2 Å².